The van der Waals surface area contributed by atoms with Gasteiger partial charge < -0.3 is 15.2 Å². The maximum absolute atomic E-state index is 11.9. The summed E-state index contributed by atoms with van der Waals surface area (Å²) < 4.78 is 5.16. The summed E-state index contributed by atoms with van der Waals surface area (Å²) in [6, 6.07) is 3.77. The van der Waals surface area contributed by atoms with Crippen LogP contribution in [-0.2, 0) is 4.74 Å². The van der Waals surface area contributed by atoms with Crippen molar-refractivity contribution in [3.05, 3.63) is 21.9 Å². The third-order valence-electron chi connectivity index (χ3n) is 2.88. The van der Waals surface area contributed by atoms with E-state index in [9.17, 15) is 4.79 Å². The van der Waals surface area contributed by atoms with Gasteiger partial charge in [0.05, 0.1) is 15.9 Å². The van der Waals surface area contributed by atoms with Crippen LogP contribution < -0.4 is 5.32 Å². The SMILES string of the molecule is COC1CC(NC(=O)c2ccc(C#CCO)s2)C1. The molecule has 0 bridgehead atoms. The fourth-order valence-electron chi connectivity index (χ4n) is 1.79. The first-order chi connectivity index (χ1) is 8.72. The van der Waals surface area contributed by atoms with Crippen molar-refractivity contribution < 1.29 is 14.6 Å². The van der Waals surface area contributed by atoms with Crippen molar-refractivity contribution in [2.24, 2.45) is 0 Å². The summed E-state index contributed by atoms with van der Waals surface area (Å²) in [5.41, 5.74) is 0. The predicted octanol–water partition coefficient (Wildman–Crippen LogP) is 0.999. The van der Waals surface area contributed by atoms with E-state index in [1.54, 1.807) is 19.2 Å². The average molecular weight is 265 g/mol. The number of nitrogens with one attached hydrogen (secondary N) is 1. The molecule has 0 aliphatic heterocycles. The zero-order valence-corrected chi connectivity index (χ0v) is 10.9. The Morgan fingerprint density at radius 1 is 1.61 bits per heavy atom. The molecule has 0 saturated heterocycles. The first kappa shape index (κ1) is 13.1. The van der Waals surface area contributed by atoms with Gasteiger partial charge in [0.25, 0.3) is 5.91 Å². The first-order valence-electron chi connectivity index (χ1n) is 5.76. The summed E-state index contributed by atoms with van der Waals surface area (Å²) in [4.78, 5) is 13.3. The highest BCUT2D eigenvalue weighted by atomic mass is 32.1. The van der Waals surface area contributed by atoms with Gasteiger partial charge in [-0.25, -0.2) is 0 Å². The lowest BCUT2D eigenvalue weighted by molar-refractivity contribution is 0.0177. The Hall–Kier alpha value is -1.35. The van der Waals surface area contributed by atoms with Crippen molar-refractivity contribution in [1.82, 2.24) is 5.32 Å². The van der Waals surface area contributed by atoms with E-state index in [0.29, 0.717) is 4.88 Å². The molecule has 1 aromatic rings. The van der Waals surface area contributed by atoms with E-state index in [2.05, 4.69) is 17.2 Å². The molecule has 0 unspecified atom stereocenters. The first-order valence-corrected chi connectivity index (χ1v) is 6.57. The Balaban J connectivity index is 1.87. The lowest BCUT2D eigenvalue weighted by atomic mass is 9.89. The van der Waals surface area contributed by atoms with Crippen LogP contribution in [0.3, 0.4) is 0 Å². The average Bonchev–Trinajstić information content (AvgIpc) is 2.79. The number of methoxy groups -OCH3 is 1. The lowest BCUT2D eigenvalue weighted by Gasteiger charge is -2.34. The molecule has 1 aliphatic rings. The number of hydrogen-bond donors (Lipinski definition) is 2. The molecule has 96 valence electrons. The highest BCUT2D eigenvalue weighted by Gasteiger charge is 2.30. The Kier molecular flexibility index (Phi) is 4.37. The third-order valence-corrected chi connectivity index (χ3v) is 3.88. The number of thiophene rings is 1. The van der Waals surface area contributed by atoms with Gasteiger partial charge in [-0.05, 0) is 25.0 Å². The molecule has 0 atom stereocenters. The van der Waals surface area contributed by atoms with Crippen molar-refractivity contribution >= 4 is 17.2 Å². The highest BCUT2D eigenvalue weighted by Crippen LogP contribution is 2.23. The predicted molar refractivity (Wildman–Crippen MR) is 69.6 cm³/mol. The number of rotatable bonds is 3. The molecule has 1 amide bonds. The highest BCUT2D eigenvalue weighted by molar-refractivity contribution is 7.14. The molecule has 1 aliphatic carbocycles. The minimum Gasteiger partial charge on any atom is -0.384 e. The second kappa shape index (κ2) is 6.01. The van der Waals surface area contributed by atoms with Crippen molar-refractivity contribution in [3.63, 3.8) is 0 Å². The quantitative estimate of drug-likeness (QED) is 0.802. The molecule has 1 saturated carbocycles. The number of hydrogen-bond acceptors (Lipinski definition) is 4. The zero-order chi connectivity index (χ0) is 13.0. The normalized spacial score (nSPS) is 21.7. The van der Waals surface area contributed by atoms with Gasteiger partial charge in [-0.2, -0.15) is 0 Å². The Morgan fingerprint density at radius 2 is 2.39 bits per heavy atom. The summed E-state index contributed by atoms with van der Waals surface area (Å²) in [5, 5.41) is 11.6. The van der Waals surface area contributed by atoms with Gasteiger partial charge in [-0.15, -0.1) is 11.3 Å². The smallest absolute Gasteiger partial charge is 0.261 e. The second-order valence-corrected chi connectivity index (χ2v) is 5.21. The standard InChI is InChI=1S/C13H15NO3S/c1-17-10-7-9(8-10)14-13(16)12-5-4-11(18-12)3-2-6-15/h4-5,9-10,15H,6-8H2,1H3,(H,14,16). The number of aliphatic hydroxyl groups excluding tert-OH is 1. The molecule has 2 N–H and O–H groups in total. The maximum atomic E-state index is 11.9. The Labute approximate surface area is 110 Å². The topological polar surface area (TPSA) is 58.6 Å². The molecule has 4 nitrogen and oxygen atoms in total. The second-order valence-electron chi connectivity index (χ2n) is 4.12. The number of carbonyl (C=O) groups is 1. The molecule has 0 spiro atoms. The van der Waals surface area contributed by atoms with Gasteiger partial charge in [-0.3, -0.25) is 4.79 Å². The van der Waals surface area contributed by atoms with Crippen LogP contribution in [0.2, 0.25) is 0 Å². The van der Waals surface area contributed by atoms with Gasteiger partial charge >= 0.3 is 0 Å². The summed E-state index contributed by atoms with van der Waals surface area (Å²) in [5.74, 6) is 5.29. The van der Waals surface area contributed by atoms with Gasteiger partial charge in [0.2, 0.25) is 0 Å². The van der Waals surface area contributed by atoms with E-state index in [0.717, 1.165) is 17.7 Å². The maximum Gasteiger partial charge on any atom is 0.261 e. The number of amides is 1. The molecule has 5 heteroatoms. The van der Waals surface area contributed by atoms with Crippen LogP contribution in [0, 0.1) is 11.8 Å². The Bertz CT molecular complexity index is 480. The largest absolute Gasteiger partial charge is 0.384 e. The monoisotopic (exact) mass is 265 g/mol. The minimum atomic E-state index is -0.167. The minimum absolute atomic E-state index is 0.0587. The van der Waals surface area contributed by atoms with Crippen molar-refractivity contribution in [2.75, 3.05) is 13.7 Å². The Morgan fingerprint density at radius 3 is 3.06 bits per heavy atom. The van der Waals surface area contributed by atoms with Crippen molar-refractivity contribution in [2.45, 2.75) is 25.0 Å². The van der Waals surface area contributed by atoms with Crippen LogP contribution in [0.4, 0.5) is 0 Å². The molecule has 18 heavy (non-hydrogen) atoms. The van der Waals surface area contributed by atoms with E-state index in [1.165, 1.54) is 11.3 Å². The summed E-state index contributed by atoms with van der Waals surface area (Å²) >= 11 is 1.34. The molecule has 1 heterocycles. The van der Waals surface area contributed by atoms with Crippen LogP contribution in [0.1, 0.15) is 27.4 Å². The van der Waals surface area contributed by atoms with Crippen LogP contribution in [0.5, 0.6) is 0 Å². The van der Waals surface area contributed by atoms with Gasteiger partial charge in [0.15, 0.2) is 0 Å². The molecule has 2 rings (SSSR count). The molecule has 1 aromatic heterocycles. The summed E-state index contributed by atoms with van der Waals surface area (Å²) in [6.07, 6.45) is 2.04. The van der Waals surface area contributed by atoms with E-state index < -0.39 is 0 Å². The lowest BCUT2D eigenvalue weighted by Crippen LogP contribution is -2.47. The van der Waals surface area contributed by atoms with E-state index in [4.69, 9.17) is 9.84 Å². The van der Waals surface area contributed by atoms with Crippen LogP contribution in [0.15, 0.2) is 12.1 Å². The van der Waals surface area contributed by atoms with Crippen molar-refractivity contribution in [3.8, 4) is 11.8 Å². The van der Waals surface area contributed by atoms with Crippen molar-refractivity contribution in [1.29, 1.82) is 0 Å². The summed E-state index contributed by atoms with van der Waals surface area (Å²) in [7, 11) is 1.69. The molecule has 0 radical (unpaired) electrons. The molecular formula is C13H15NO3S. The number of carbonyl (C=O) groups excluding carboxylic acids is 1. The molecule has 1 fully saturated rings. The number of aliphatic hydroxyl groups is 1. The van der Waals surface area contributed by atoms with Gasteiger partial charge in [-0.1, -0.05) is 11.8 Å². The summed E-state index contributed by atoms with van der Waals surface area (Å²) in [6.45, 7) is -0.167. The van der Waals surface area contributed by atoms with Crippen LogP contribution in [0.25, 0.3) is 0 Å². The fraction of sp³-hybridized carbons (Fsp3) is 0.462. The number of ether oxygens (including phenoxy) is 1. The van der Waals surface area contributed by atoms with E-state index in [1.807, 2.05) is 0 Å². The van der Waals surface area contributed by atoms with E-state index >= 15 is 0 Å². The van der Waals surface area contributed by atoms with Gasteiger partial charge in [0, 0.05) is 13.2 Å². The van der Waals surface area contributed by atoms with E-state index in [-0.39, 0.29) is 24.7 Å². The van der Waals surface area contributed by atoms with Crippen LogP contribution in [-0.4, -0.2) is 36.9 Å². The molecular weight excluding hydrogens is 250 g/mol. The van der Waals surface area contributed by atoms with Crippen LogP contribution >= 0.6 is 11.3 Å². The fourth-order valence-corrected chi connectivity index (χ4v) is 2.57. The zero-order valence-electron chi connectivity index (χ0n) is 10.1. The molecule has 0 aromatic carbocycles. The third kappa shape index (κ3) is 3.10. The van der Waals surface area contributed by atoms with Gasteiger partial charge in [0.1, 0.15) is 6.61 Å².